The monoisotopic (exact) mass is 568 g/mol. The summed E-state index contributed by atoms with van der Waals surface area (Å²) in [6.45, 7) is 22.1. The van der Waals surface area contributed by atoms with Gasteiger partial charge in [0.2, 0.25) is 0 Å². The van der Waals surface area contributed by atoms with Crippen molar-refractivity contribution in [3.8, 4) is 0 Å². The van der Waals surface area contributed by atoms with Crippen molar-refractivity contribution in [1.82, 2.24) is 0 Å². The maximum absolute atomic E-state index is 5.13. The van der Waals surface area contributed by atoms with E-state index in [1.807, 2.05) is 0 Å². The maximum atomic E-state index is 5.13. The van der Waals surface area contributed by atoms with Crippen LogP contribution in [-0.4, -0.2) is 11.4 Å². The van der Waals surface area contributed by atoms with Crippen LogP contribution in [0.3, 0.4) is 0 Å². The van der Waals surface area contributed by atoms with Crippen LogP contribution in [0.2, 0.25) is 0 Å². The summed E-state index contributed by atoms with van der Waals surface area (Å²) in [7, 11) is 0. The Morgan fingerprint density at radius 2 is 0.718 bits per heavy atom. The Bertz CT molecular complexity index is 906. The fourth-order valence-corrected chi connectivity index (χ4v) is 4.64. The van der Waals surface area contributed by atoms with Crippen LogP contribution in [-0.2, 0) is 17.1 Å². The topological polar surface area (TPSA) is 24.7 Å². The van der Waals surface area contributed by atoms with Gasteiger partial charge in [-0.3, -0.25) is 9.98 Å². The largest absolute Gasteiger partial charge is 0.251 e. The van der Waals surface area contributed by atoms with E-state index in [0.29, 0.717) is 23.7 Å². The van der Waals surface area contributed by atoms with Crippen molar-refractivity contribution in [3.63, 3.8) is 0 Å². The molecule has 214 valence electrons. The fourth-order valence-electron chi connectivity index (χ4n) is 4.64. The molecule has 0 spiro atoms. The second-order valence-corrected chi connectivity index (χ2v) is 11.7. The van der Waals surface area contributed by atoms with Crippen molar-refractivity contribution in [2.75, 3.05) is 0 Å². The number of nitrogens with zero attached hydrogens (tertiary/aromatic N) is 2. The van der Waals surface area contributed by atoms with Gasteiger partial charge in [-0.05, 0) is 111 Å². The third kappa shape index (κ3) is 11.0. The van der Waals surface area contributed by atoms with Crippen LogP contribution in [0, 0.1) is 25.7 Å². The second kappa shape index (κ2) is 17.9. The van der Waals surface area contributed by atoms with Crippen molar-refractivity contribution >= 4 is 22.8 Å². The molecule has 1 saturated carbocycles. The SMILES string of the molecule is CC(=Nc1c(C(C)C)cccc1C(C)C)C(C)=Nc1c(C(C)C)cccc1C(C)C.[CH]1[CH]CC[CH][CH]CC1.[Fe]. The molecule has 3 rings (SSSR count). The molecule has 0 bridgehead atoms. The first-order valence-electron chi connectivity index (χ1n) is 14.7. The smallest absolute Gasteiger partial charge is 0.0702 e. The molecule has 2 aromatic rings. The Morgan fingerprint density at radius 3 is 0.923 bits per heavy atom. The minimum atomic E-state index is 0. The van der Waals surface area contributed by atoms with Gasteiger partial charge in [0.15, 0.2) is 0 Å². The van der Waals surface area contributed by atoms with E-state index < -0.39 is 0 Å². The normalized spacial score (nSPS) is 15.1. The van der Waals surface area contributed by atoms with Crippen molar-refractivity contribution < 1.29 is 17.1 Å². The van der Waals surface area contributed by atoms with Crippen LogP contribution in [0.15, 0.2) is 46.4 Å². The van der Waals surface area contributed by atoms with Gasteiger partial charge in [0, 0.05) is 17.1 Å². The molecule has 1 fully saturated rings. The Hall–Kier alpha value is -1.70. The van der Waals surface area contributed by atoms with Gasteiger partial charge in [0.25, 0.3) is 0 Å². The van der Waals surface area contributed by atoms with Gasteiger partial charge in [0.1, 0.15) is 0 Å². The van der Waals surface area contributed by atoms with E-state index >= 15 is 0 Å². The predicted octanol–water partition coefficient (Wildman–Crippen LogP) is 11.4. The third-order valence-electron chi connectivity index (χ3n) is 7.10. The average Bonchev–Trinajstić information content (AvgIpc) is 2.83. The zero-order chi connectivity index (χ0) is 28.2. The van der Waals surface area contributed by atoms with Crippen molar-refractivity contribution in [2.45, 2.75) is 119 Å². The summed E-state index contributed by atoms with van der Waals surface area (Å²) >= 11 is 0. The van der Waals surface area contributed by atoms with Gasteiger partial charge in [0.05, 0.1) is 22.8 Å². The average molecular weight is 569 g/mol. The van der Waals surface area contributed by atoms with Crippen LogP contribution >= 0.6 is 0 Å². The minimum absolute atomic E-state index is 0. The second-order valence-electron chi connectivity index (χ2n) is 11.7. The molecule has 0 heterocycles. The zero-order valence-corrected chi connectivity index (χ0v) is 27.3. The summed E-state index contributed by atoms with van der Waals surface area (Å²) in [5.41, 5.74) is 9.43. The maximum Gasteiger partial charge on any atom is 0.0702 e. The molecule has 1 aliphatic carbocycles. The number of rotatable bonds is 7. The molecule has 0 amide bonds. The number of hydrogen-bond donors (Lipinski definition) is 0. The quantitative estimate of drug-likeness (QED) is 0.234. The number of benzene rings is 2. The molecular formula is C36H52FeN2. The molecule has 0 aromatic heterocycles. The molecule has 2 nitrogen and oxygen atoms in total. The summed E-state index contributed by atoms with van der Waals surface area (Å²) < 4.78 is 0. The van der Waals surface area contributed by atoms with Crippen LogP contribution in [0.5, 0.6) is 0 Å². The van der Waals surface area contributed by atoms with Crippen molar-refractivity contribution in [1.29, 1.82) is 0 Å². The summed E-state index contributed by atoms with van der Waals surface area (Å²) in [5, 5.41) is 0. The molecule has 0 N–H and O–H groups in total. The molecule has 0 atom stereocenters. The molecule has 39 heavy (non-hydrogen) atoms. The summed E-state index contributed by atoms with van der Waals surface area (Å²) in [6.07, 6.45) is 14.0. The molecule has 3 heteroatoms. The molecule has 0 aliphatic heterocycles. The van der Waals surface area contributed by atoms with E-state index in [-0.39, 0.29) is 17.1 Å². The molecule has 2 aromatic carbocycles. The Balaban J connectivity index is 0.000000722. The standard InChI is InChI=1S/C28H40N2.C8H12.Fe/c1-17(2)23-13-11-14-24(18(3)4)27(23)29-21(9)22(10)30-28-25(19(5)6)15-12-16-26(28)20(7)8;1-2-4-6-8-7-5-3-1;/h11-20H,1-10H3;1-2,7-8H,3-6H2;. The van der Waals surface area contributed by atoms with Crippen LogP contribution in [0.1, 0.15) is 141 Å². The number of hydrogen-bond acceptors (Lipinski definition) is 2. The molecule has 4 radical (unpaired) electrons. The summed E-state index contributed by atoms with van der Waals surface area (Å²) in [6, 6.07) is 13.2. The van der Waals surface area contributed by atoms with Gasteiger partial charge >= 0.3 is 0 Å². The van der Waals surface area contributed by atoms with Crippen LogP contribution in [0.4, 0.5) is 11.4 Å². The Labute approximate surface area is 252 Å². The van der Waals surface area contributed by atoms with E-state index in [1.165, 1.54) is 47.9 Å². The first-order valence-corrected chi connectivity index (χ1v) is 14.7. The number of para-hydroxylation sites is 2. The Morgan fingerprint density at radius 1 is 0.487 bits per heavy atom. The third-order valence-corrected chi connectivity index (χ3v) is 7.10. The number of aliphatic imine (C=N–C) groups is 2. The predicted molar refractivity (Wildman–Crippen MR) is 170 cm³/mol. The van der Waals surface area contributed by atoms with E-state index in [0.717, 1.165) is 22.8 Å². The first-order chi connectivity index (χ1) is 18.0. The Kier molecular flexibility index (Phi) is 16.2. The van der Waals surface area contributed by atoms with Gasteiger partial charge in [-0.1, -0.05) is 91.8 Å². The van der Waals surface area contributed by atoms with Gasteiger partial charge in [-0.15, -0.1) is 0 Å². The molecule has 0 saturated heterocycles. The fraction of sp³-hybridized carbons (Fsp3) is 0.500. The van der Waals surface area contributed by atoms with Gasteiger partial charge < -0.3 is 0 Å². The summed E-state index contributed by atoms with van der Waals surface area (Å²) in [5.74, 6) is 1.73. The van der Waals surface area contributed by atoms with E-state index in [9.17, 15) is 0 Å². The van der Waals surface area contributed by atoms with Crippen molar-refractivity contribution in [3.05, 3.63) is 84.3 Å². The first kappa shape index (κ1) is 35.3. The zero-order valence-electron chi connectivity index (χ0n) is 26.2. The van der Waals surface area contributed by atoms with E-state index in [4.69, 9.17) is 9.98 Å². The van der Waals surface area contributed by atoms with Crippen molar-refractivity contribution in [2.24, 2.45) is 9.98 Å². The molecular weight excluding hydrogens is 516 g/mol. The van der Waals surface area contributed by atoms with E-state index in [2.05, 4.69) is 131 Å². The van der Waals surface area contributed by atoms with Gasteiger partial charge in [-0.25, -0.2) is 0 Å². The molecule has 0 unspecified atom stereocenters. The summed E-state index contributed by atoms with van der Waals surface area (Å²) in [4.78, 5) is 10.3. The minimum Gasteiger partial charge on any atom is -0.251 e. The molecule has 1 aliphatic rings. The van der Waals surface area contributed by atoms with E-state index in [1.54, 1.807) is 0 Å². The van der Waals surface area contributed by atoms with Crippen LogP contribution in [0.25, 0.3) is 0 Å². The van der Waals surface area contributed by atoms with Crippen LogP contribution < -0.4 is 0 Å². The van der Waals surface area contributed by atoms with Gasteiger partial charge in [-0.2, -0.15) is 0 Å².